The Morgan fingerprint density at radius 2 is 1.19 bits per heavy atom. The predicted octanol–water partition coefficient (Wildman–Crippen LogP) is 14.8. The minimum absolute atomic E-state index is 0.318. The van der Waals surface area contributed by atoms with Gasteiger partial charge in [-0.3, -0.25) is 0 Å². The van der Waals surface area contributed by atoms with E-state index in [0.717, 1.165) is 11.4 Å². The molecule has 0 bridgehead atoms. The Hall–Kier alpha value is -6.48. The second-order valence-electron chi connectivity index (χ2n) is 14.4. The van der Waals surface area contributed by atoms with Gasteiger partial charge in [0.25, 0.3) is 0 Å². The van der Waals surface area contributed by atoms with Crippen LogP contribution in [0.1, 0.15) is 22.6 Å². The number of benzene rings is 8. The van der Waals surface area contributed by atoms with Gasteiger partial charge in [0.15, 0.2) is 0 Å². The number of allylic oxidation sites excluding steroid dienone is 5. The topological polar surface area (TPSA) is 3.24 Å². The van der Waals surface area contributed by atoms with Gasteiger partial charge in [-0.05, 0) is 86.5 Å². The molecule has 0 saturated carbocycles. The second-order valence-corrected chi connectivity index (χ2v) is 15.5. The molecule has 2 heteroatoms. The van der Waals surface area contributed by atoms with E-state index in [1.807, 2.05) is 11.3 Å². The highest BCUT2D eigenvalue weighted by molar-refractivity contribution is 7.25. The first-order valence-electron chi connectivity index (χ1n) is 18.8. The van der Waals surface area contributed by atoms with E-state index < -0.39 is 0 Å². The summed E-state index contributed by atoms with van der Waals surface area (Å²) in [6.07, 6.45) is 11.6. The number of hydrogen-bond acceptors (Lipinski definition) is 2. The normalized spacial score (nSPS) is 16.1. The van der Waals surface area contributed by atoms with Crippen molar-refractivity contribution in [2.24, 2.45) is 5.92 Å². The van der Waals surface area contributed by atoms with E-state index >= 15 is 0 Å². The zero-order chi connectivity index (χ0) is 35.6. The largest absolute Gasteiger partial charge is 0.309 e. The lowest BCUT2D eigenvalue weighted by Crippen LogP contribution is -2.17. The molecule has 0 spiro atoms. The quantitative estimate of drug-likeness (QED) is 0.172. The number of para-hydroxylation sites is 1. The van der Waals surface area contributed by atoms with Crippen molar-refractivity contribution in [3.63, 3.8) is 0 Å². The van der Waals surface area contributed by atoms with Crippen molar-refractivity contribution in [3.05, 3.63) is 217 Å². The van der Waals surface area contributed by atoms with Gasteiger partial charge in [0, 0.05) is 48.6 Å². The molecule has 11 rings (SSSR count). The van der Waals surface area contributed by atoms with Gasteiger partial charge in [-0.25, -0.2) is 0 Å². The maximum Gasteiger partial charge on any atom is 0.0540 e. The monoisotopic (exact) mass is 705 g/mol. The maximum atomic E-state index is 2.49. The van der Waals surface area contributed by atoms with E-state index in [9.17, 15) is 0 Å². The number of hydrogen-bond donors (Lipinski definition) is 0. The minimum Gasteiger partial charge on any atom is -0.309 e. The third-order valence-corrected chi connectivity index (χ3v) is 12.5. The van der Waals surface area contributed by atoms with Gasteiger partial charge < -0.3 is 4.90 Å². The van der Waals surface area contributed by atoms with Crippen LogP contribution in [0.2, 0.25) is 0 Å². The summed E-state index contributed by atoms with van der Waals surface area (Å²) in [5, 5.41) is 7.76. The summed E-state index contributed by atoms with van der Waals surface area (Å²) < 4.78 is 2.63. The molecule has 8 aromatic carbocycles. The van der Waals surface area contributed by atoms with Gasteiger partial charge >= 0.3 is 0 Å². The predicted molar refractivity (Wildman–Crippen MR) is 232 cm³/mol. The fourth-order valence-electron chi connectivity index (χ4n) is 8.90. The fourth-order valence-corrected chi connectivity index (χ4v) is 10.0. The van der Waals surface area contributed by atoms with E-state index in [-0.39, 0.29) is 0 Å². The lowest BCUT2D eigenvalue weighted by Gasteiger charge is -2.32. The van der Waals surface area contributed by atoms with Gasteiger partial charge in [0.05, 0.1) is 11.4 Å². The van der Waals surface area contributed by atoms with Crippen LogP contribution in [0.15, 0.2) is 200 Å². The number of nitrogens with zero attached hydrogens (tertiary/aromatic N) is 1. The Bertz CT molecular complexity index is 3000. The van der Waals surface area contributed by atoms with Crippen LogP contribution in [0.25, 0.3) is 58.4 Å². The van der Waals surface area contributed by atoms with Crippen LogP contribution in [-0.2, 0) is 0 Å². The van der Waals surface area contributed by atoms with Gasteiger partial charge in [-0.15, -0.1) is 11.3 Å². The van der Waals surface area contributed by atoms with Crippen LogP contribution < -0.4 is 4.90 Å². The molecule has 1 heterocycles. The van der Waals surface area contributed by atoms with Crippen molar-refractivity contribution in [2.75, 3.05) is 4.90 Å². The molecule has 9 aromatic rings. The van der Waals surface area contributed by atoms with Crippen LogP contribution in [0.5, 0.6) is 0 Å². The van der Waals surface area contributed by atoms with E-state index in [1.54, 1.807) is 0 Å². The van der Waals surface area contributed by atoms with Gasteiger partial charge in [0.2, 0.25) is 0 Å². The van der Waals surface area contributed by atoms with Crippen molar-refractivity contribution < 1.29 is 0 Å². The van der Waals surface area contributed by atoms with E-state index in [0.29, 0.717) is 11.8 Å². The molecule has 0 N–H and O–H groups in total. The Balaban J connectivity index is 1.10. The van der Waals surface area contributed by atoms with Crippen molar-refractivity contribution in [1.29, 1.82) is 0 Å². The SMILES string of the molecule is C1=CC2C=C(c3ccc(N(c4ccccc4-c4ccccc4)c4cccc5cc6c(cc45)sc4ccccc46)cc3)c3ccc4ccccc4c3C2C=C1. The molecule has 0 aliphatic heterocycles. The molecule has 1 aromatic heterocycles. The molecule has 54 heavy (non-hydrogen) atoms. The Kier molecular flexibility index (Phi) is 7.24. The summed E-state index contributed by atoms with van der Waals surface area (Å²) in [4.78, 5) is 2.47. The standard InChI is InChI=1S/C52H35NS/c1-2-13-34(14-3-1)40-18-8-10-22-48(40)53(49-23-12-17-38-32-47-43-21-9-11-24-50(43)54-51(47)33-46(38)49)39-28-25-36(26-29-39)45-31-37-16-5-7-20-42(37)52-41-19-6-4-15-35(41)27-30-44(45)52/h1-33,37,42H. The first-order chi connectivity index (χ1) is 26.8. The van der Waals surface area contributed by atoms with E-state index in [1.165, 1.54) is 80.8 Å². The summed E-state index contributed by atoms with van der Waals surface area (Å²) in [5.74, 6) is 0.654. The molecule has 254 valence electrons. The molecule has 0 radical (unpaired) electrons. The summed E-state index contributed by atoms with van der Waals surface area (Å²) in [6, 6.07) is 62.7. The van der Waals surface area contributed by atoms with Crippen molar-refractivity contribution in [3.8, 4) is 11.1 Å². The molecule has 0 fully saturated rings. The zero-order valence-electron chi connectivity index (χ0n) is 29.6. The van der Waals surface area contributed by atoms with Crippen molar-refractivity contribution in [1.82, 2.24) is 0 Å². The zero-order valence-corrected chi connectivity index (χ0v) is 30.4. The Morgan fingerprint density at radius 1 is 0.444 bits per heavy atom. The van der Waals surface area contributed by atoms with Gasteiger partial charge in [-0.2, -0.15) is 0 Å². The van der Waals surface area contributed by atoms with Crippen molar-refractivity contribution >= 4 is 75.7 Å². The molecular formula is C52H35NS. The fraction of sp³-hybridized carbons (Fsp3) is 0.0385. The van der Waals surface area contributed by atoms with Crippen LogP contribution in [-0.4, -0.2) is 0 Å². The molecule has 2 unspecified atom stereocenters. The molecule has 1 nitrogen and oxygen atoms in total. The number of thiophene rings is 1. The molecule has 0 amide bonds. The second kappa shape index (κ2) is 12.6. The minimum atomic E-state index is 0.318. The van der Waals surface area contributed by atoms with Gasteiger partial charge in [-0.1, -0.05) is 158 Å². The summed E-state index contributed by atoms with van der Waals surface area (Å²) in [5.41, 5.74) is 11.1. The molecule has 2 atom stereocenters. The maximum absolute atomic E-state index is 2.49. The summed E-state index contributed by atoms with van der Waals surface area (Å²) in [6.45, 7) is 0. The lowest BCUT2D eigenvalue weighted by atomic mass is 9.71. The number of rotatable bonds is 5. The van der Waals surface area contributed by atoms with E-state index in [4.69, 9.17) is 0 Å². The molecular weight excluding hydrogens is 671 g/mol. The smallest absolute Gasteiger partial charge is 0.0540 e. The Morgan fingerprint density at radius 3 is 2.09 bits per heavy atom. The average molecular weight is 706 g/mol. The number of anilines is 3. The first-order valence-corrected chi connectivity index (χ1v) is 19.6. The van der Waals surface area contributed by atoms with Crippen LogP contribution in [0.4, 0.5) is 17.1 Å². The third kappa shape index (κ3) is 4.99. The first kappa shape index (κ1) is 31.1. The summed E-state index contributed by atoms with van der Waals surface area (Å²) in [7, 11) is 0. The summed E-state index contributed by atoms with van der Waals surface area (Å²) >= 11 is 1.88. The average Bonchev–Trinajstić information content (AvgIpc) is 3.61. The van der Waals surface area contributed by atoms with E-state index in [2.05, 4.69) is 205 Å². The van der Waals surface area contributed by atoms with Crippen LogP contribution in [0.3, 0.4) is 0 Å². The highest BCUT2D eigenvalue weighted by Gasteiger charge is 2.30. The highest BCUT2D eigenvalue weighted by atomic mass is 32.1. The number of fused-ring (bicyclic) bond motifs is 9. The van der Waals surface area contributed by atoms with Gasteiger partial charge in [0.1, 0.15) is 0 Å². The van der Waals surface area contributed by atoms with Crippen molar-refractivity contribution in [2.45, 2.75) is 5.92 Å². The highest BCUT2D eigenvalue weighted by Crippen LogP contribution is 2.48. The molecule has 0 saturated heterocycles. The van der Waals surface area contributed by atoms with Crippen LogP contribution in [0, 0.1) is 5.92 Å². The molecule has 2 aliphatic carbocycles. The third-order valence-electron chi connectivity index (χ3n) is 11.4. The molecule has 2 aliphatic rings. The lowest BCUT2D eigenvalue weighted by molar-refractivity contribution is 0.694. The van der Waals surface area contributed by atoms with Crippen LogP contribution >= 0.6 is 11.3 Å². The Labute approximate surface area is 319 Å².